The topological polar surface area (TPSA) is 60.0 Å². The van der Waals surface area contributed by atoms with Gasteiger partial charge in [0.05, 0.1) is 0 Å². The second-order valence-electron chi connectivity index (χ2n) is 6.37. The van der Waals surface area contributed by atoms with Gasteiger partial charge in [0.25, 0.3) is 0 Å². The van der Waals surface area contributed by atoms with E-state index in [1.54, 1.807) is 19.0 Å². The molecule has 0 spiro atoms. The van der Waals surface area contributed by atoms with Crippen LogP contribution in [0, 0.1) is 0 Å². The molecule has 6 heteroatoms. The molecule has 134 valence electrons. The van der Waals surface area contributed by atoms with Crippen LogP contribution in [0.5, 0.6) is 0 Å². The molecule has 1 fully saturated rings. The largest absolute Gasteiger partial charge is 0.357 e. The molecule has 23 heavy (non-hydrogen) atoms. The van der Waals surface area contributed by atoms with E-state index in [0.717, 1.165) is 25.5 Å². The zero-order valence-electron chi connectivity index (χ0n) is 15.2. The van der Waals surface area contributed by atoms with Crippen molar-refractivity contribution in [3.8, 4) is 0 Å². The average molecular weight is 326 g/mol. The molecule has 0 bridgehead atoms. The first kappa shape index (κ1) is 19.7. The van der Waals surface area contributed by atoms with Crippen molar-refractivity contribution in [3.05, 3.63) is 0 Å². The van der Waals surface area contributed by atoms with E-state index in [4.69, 9.17) is 0 Å². The first-order valence-electron chi connectivity index (χ1n) is 9.08. The molecule has 0 saturated carbocycles. The Balaban J connectivity index is 2.12. The molecule has 0 radical (unpaired) electrons. The molecule has 0 aliphatic carbocycles. The zero-order chi connectivity index (χ0) is 16.9. The quantitative estimate of drug-likeness (QED) is 0.381. The number of aliphatic imine (C=N–C) groups is 1. The highest BCUT2D eigenvalue weighted by Crippen LogP contribution is 2.09. The molecule has 0 aromatic carbocycles. The minimum Gasteiger partial charge on any atom is -0.357 e. The van der Waals surface area contributed by atoms with Crippen molar-refractivity contribution in [2.75, 3.05) is 53.4 Å². The number of amides is 1. The Labute approximate surface area is 141 Å². The van der Waals surface area contributed by atoms with Crippen LogP contribution < -0.4 is 10.6 Å². The van der Waals surface area contributed by atoms with E-state index in [2.05, 4.69) is 20.5 Å². The number of hydrogen-bond acceptors (Lipinski definition) is 3. The first-order valence-corrected chi connectivity index (χ1v) is 9.08. The summed E-state index contributed by atoms with van der Waals surface area (Å²) in [6.07, 6.45) is 7.79. The van der Waals surface area contributed by atoms with Gasteiger partial charge in [-0.25, -0.2) is 4.99 Å². The number of guanidine groups is 1. The van der Waals surface area contributed by atoms with E-state index in [9.17, 15) is 4.79 Å². The smallest absolute Gasteiger partial charge is 0.243 e. The summed E-state index contributed by atoms with van der Waals surface area (Å²) in [5.74, 6) is 0.752. The van der Waals surface area contributed by atoms with Crippen molar-refractivity contribution in [3.63, 3.8) is 0 Å². The Morgan fingerprint density at radius 3 is 2.48 bits per heavy atom. The number of rotatable bonds is 9. The highest BCUT2D eigenvalue weighted by Gasteiger charge is 2.08. The molecule has 1 saturated heterocycles. The maximum Gasteiger partial charge on any atom is 0.243 e. The molecule has 0 aromatic rings. The summed E-state index contributed by atoms with van der Waals surface area (Å²) in [6, 6.07) is 0. The maximum atomic E-state index is 11.6. The van der Waals surface area contributed by atoms with Gasteiger partial charge in [0.2, 0.25) is 5.91 Å². The predicted molar refractivity (Wildman–Crippen MR) is 96.8 cm³/mol. The van der Waals surface area contributed by atoms with Crippen molar-refractivity contribution < 1.29 is 4.79 Å². The zero-order valence-corrected chi connectivity index (χ0v) is 15.2. The van der Waals surface area contributed by atoms with Crippen LogP contribution in [0.15, 0.2) is 4.99 Å². The lowest BCUT2D eigenvalue weighted by Gasteiger charge is -2.26. The Morgan fingerprint density at radius 2 is 1.83 bits per heavy atom. The monoisotopic (exact) mass is 325 g/mol. The van der Waals surface area contributed by atoms with Crippen molar-refractivity contribution in [1.82, 2.24) is 20.4 Å². The lowest BCUT2D eigenvalue weighted by molar-refractivity contribution is -0.127. The summed E-state index contributed by atoms with van der Waals surface area (Å²) >= 11 is 0. The van der Waals surface area contributed by atoms with Gasteiger partial charge in [0.15, 0.2) is 5.96 Å². The molecule has 2 N–H and O–H groups in total. The third-order valence-electron chi connectivity index (χ3n) is 4.11. The number of hydrogen-bond donors (Lipinski definition) is 2. The van der Waals surface area contributed by atoms with E-state index in [1.165, 1.54) is 51.7 Å². The SMILES string of the molecule is CCNC(=NCC(=O)N(C)C)NCCCCCN1CCCCC1. The van der Waals surface area contributed by atoms with Crippen molar-refractivity contribution in [1.29, 1.82) is 0 Å². The molecule has 6 nitrogen and oxygen atoms in total. The fourth-order valence-corrected chi connectivity index (χ4v) is 2.66. The molecule has 1 rings (SSSR count). The number of carbonyl (C=O) groups excluding carboxylic acids is 1. The van der Waals surface area contributed by atoms with E-state index in [-0.39, 0.29) is 12.5 Å². The van der Waals surface area contributed by atoms with Gasteiger partial charge in [0.1, 0.15) is 6.54 Å². The van der Waals surface area contributed by atoms with Gasteiger partial charge < -0.3 is 20.4 Å². The van der Waals surface area contributed by atoms with Gasteiger partial charge in [-0.2, -0.15) is 0 Å². The van der Waals surface area contributed by atoms with Gasteiger partial charge in [-0.3, -0.25) is 4.79 Å². The Hall–Kier alpha value is -1.30. The Bertz CT molecular complexity index is 351. The molecule has 1 heterocycles. The van der Waals surface area contributed by atoms with Crippen LogP contribution in [0.3, 0.4) is 0 Å². The number of carbonyl (C=O) groups is 1. The number of piperidine rings is 1. The molecule has 0 unspecified atom stereocenters. The van der Waals surface area contributed by atoms with Crippen LogP contribution >= 0.6 is 0 Å². The second kappa shape index (κ2) is 12.2. The van der Waals surface area contributed by atoms with Crippen LogP contribution in [0.25, 0.3) is 0 Å². The maximum absolute atomic E-state index is 11.6. The third-order valence-corrected chi connectivity index (χ3v) is 4.11. The van der Waals surface area contributed by atoms with Gasteiger partial charge in [-0.15, -0.1) is 0 Å². The van der Waals surface area contributed by atoms with Crippen molar-refractivity contribution >= 4 is 11.9 Å². The number of nitrogens with one attached hydrogen (secondary N) is 2. The average Bonchev–Trinajstić information content (AvgIpc) is 2.56. The molecule has 1 amide bonds. The van der Waals surface area contributed by atoms with Crippen LogP contribution in [-0.4, -0.2) is 75.0 Å². The number of unbranched alkanes of at least 4 members (excludes halogenated alkanes) is 2. The van der Waals surface area contributed by atoms with Gasteiger partial charge in [0, 0.05) is 27.2 Å². The Morgan fingerprint density at radius 1 is 1.09 bits per heavy atom. The van der Waals surface area contributed by atoms with E-state index < -0.39 is 0 Å². The van der Waals surface area contributed by atoms with Gasteiger partial charge in [-0.05, 0) is 52.2 Å². The number of nitrogens with zero attached hydrogens (tertiary/aromatic N) is 3. The van der Waals surface area contributed by atoms with Crippen molar-refractivity contribution in [2.45, 2.75) is 45.4 Å². The lowest BCUT2D eigenvalue weighted by Crippen LogP contribution is -2.39. The van der Waals surface area contributed by atoms with Crippen LogP contribution in [0.1, 0.15) is 45.4 Å². The molecule has 1 aliphatic heterocycles. The molecular weight excluding hydrogens is 290 g/mol. The summed E-state index contributed by atoms with van der Waals surface area (Å²) in [6.45, 7) is 7.75. The number of likely N-dealkylation sites (tertiary alicyclic amines) is 1. The number of likely N-dealkylation sites (N-methyl/N-ethyl adjacent to an activating group) is 1. The standard InChI is InChI=1S/C17H35N5O/c1-4-18-17(20-15-16(23)21(2)3)19-11-7-5-8-12-22-13-9-6-10-14-22/h4-15H2,1-3H3,(H2,18,19,20). The second-order valence-corrected chi connectivity index (χ2v) is 6.37. The highest BCUT2D eigenvalue weighted by atomic mass is 16.2. The molecular formula is C17H35N5O. The van der Waals surface area contributed by atoms with E-state index >= 15 is 0 Å². The van der Waals surface area contributed by atoms with E-state index in [1.807, 2.05) is 6.92 Å². The summed E-state index contributed by atoms with van der Waals surface area (Å²) in [5, 5.41) is 6.49. The fraction of sp³-hybridized carbons (Fsp3) is 0.882. The van der Waals surface area contributed by atoms with Crippen LogP contribution in [0.2, 0.25) is 0 Å². The molecule has 0 aromatic heterocycles. The summed E-state index contributed by atoms with van der Waals surface area (Å²) < 4.78 is 0. The normalized spacial score (nSPS) is 16.2. The summed E-state index contributed by atoms with van der Waals surface area (Å²) in [5.41, 5.74) is 0. The van der Waals surface area contributed by atoms with Gasteiger partial charge >= 0.3 is 0 Å². The minimum atomic E-state index is 0.0173. The fourth-order valence-electron chi connectivity index (χ4n) is 2.66. The molecule has 0 atom stereocenters. The van der Waals surface area contributed by atoms with Crippen LogP contribution in [0.4, 0.5) is 0 Å². The van der Waals surface area contributed by atoms with Crippen molar-refractivity contribution in [2.24, 2.45) is 4.99 Å². The lowest BCUT2D eigenvalue weighted by atomic mass is 10.1. The predicted octanol–water partition coefficient (Wildman–Crippen LogP) is 1.29. The third kappa shape index (κ3) is 9.43. The minimum absolute atomic E-state index is 0.0173. The van der Waals surface area contributed by atoms with Gasteiger partial charge in [-0.1, -0.05) is 12.8 Å². The highest BCUT2D eigenvalue weighted by molar-refractivity contribution is 5.84. The molecule has 1 aliphatic rings. The van der Waals surface area contributed by atoms with Crippen LogP contribution in [-0.2, 0) is 4.79 Å². The first-order chi connectivity index (χ1) is 11.1. The van der Waals surface area contributed by atoms with E-state index in [0.29, 0.717) is 0 Å². The summed E-state index contributed by atoms with van der Waals surface area (Å²) in [7, 11) is 3.50. The summed E-state index contributed by atoms with van der Waals surface area (Å²) in [4.78, 5) is 20.1. The Kier molecular flexibility index (Phi) is 10.4.